The van der Waals surface area contributed by atoms with E-state index in [1.54, 1.807) is 23.6 Å². The molecule has 7 heteroatoms. The molecule has 0 atom stereocenters. The SMILES string of the molecule is Cc1ccc(NC(=O)Cc2nc(COC(=O)/C=C/c3ccc(F)cc3)cs2)cc1. The number of esters is 1. The van der Waals surface area contributed by atoms with E-state index in [0.717, 1.165) is 11.3 Å². The summed E-state index contributed by atoms with van der Waals surface area (Å²) in [5.74, 6) is -1.02. The molecule has 0 saturated heterocycles. The zero-order chi connectivity index (χ0) is 20.6. The van der Waals surface area contributed by atoms with E-state index in [2.05, 4.69) is 10.3 Å². The lowest BCUT2D eigenvalue weighted by Crippen LogP contribution is -2.14. The summed E-state index contributed by atoms with van der Waals surface area (Å²) in [6, 6.07) is 13.3. The fourth-order valence-electron chi connectivity index (χ4n) is 2.41. The van der Waals surface area contributed by atoms with Crippen molar-refractivity contribution in [2.24, 2.45) is 0 Å². The number of carbonyl (C=O) groups excluding carboxylic acids is 2. The fraction of sp³-hybridized carbons (Fsp3) is 0.136. The second-order valence-corrected chi connectivity index (χ2v) is 7.26. The van der Waals surface area contributed by atoms with Crippen molar-refractivity contribution in [1.82, 2.24) is 4.98 Å². The van der Waals surface area contributed by atoms with Gasteiger partial charge < -0.3 is 10.1 Å². The third-order valence-corrected chi connectivity index (χ3v) is 4.79. The van der Waals surface area contributed by atoms with E-state index in [-0.39, 0.29) is 24.8 Å². The standard InChI is InChI=1S/C22H19FN2O3S/c1-15-2-9-18(10-3-15)24-20(26)12-21-25-19(14-29-21)13-28-22(27)11-6-16-4-7-17(23)8-5-16/h2-11,14H,12-13H2,1H3,(H,24,26)/b11-6+. The lowest BCUT2D eigenvalue weighted by molar-refractivity contribution is -0.139. The summed E-state index contributed by atoms with van der Waals surface area (Å²) < 4.78 is 18.0. The molecule has 0 unspecified atom stereocenters. The van der Waals surface area contributed by atoms with Crippen molar-refractivity contribution in [1.29, 1.82) is 0 Å². The highest BCUT2D eigenvalue weighted by Gasteiger charge is 2.09. The number of thiazole rings is 1. The number of amides is 1. The van der Waals surface area contributed by atoms with Crippen molar-refractivity contribution >= 4 is 35.0 Å². The zero-order valence-electron chi connectivity index (χ0n) is 15.7. The summed E-state index contributed by atoms with van der Waals surface area (Å²) in [7, 11) is 0. The molecule has 0 aliphatic rings. The van der Waals surface area contributed by atoms with Gasteiger partial charge in [0.1, 0.15) is 17.4 Å². The maximum absolute atomic E-state index is 12.9. The van der Waals surface area contributed by atoms with Gasteiger partial charge in [-0.15, -0.1) is 11.3 Å². The van der Waals surface area contributed by atoms with Crippen LogP contribution in [0.2, 0.25) is 0 Å². The van der Waals surface area contributed by atoms with Crippen LogP contribution < -0.4 is 5.32 Å². The molecule has 0 radical (unpaired) electrons. The van der Waals surface area contributed by atoms with Crippen LogP contribution in [0.3, 0.4) is 0 Å². The number of benzene rings is 2. The van der Waals surface area contributed by atoms with E-state index >= 15 is 0 Å². The minimum Gasteiger partial charge on any atom is -0.456 e. The van der Waals surface area contributed by atoms with Crippen molar-refractivity contribution < 1.29 is 18.7 Å². The molecule has 5 nitrogen and oxygen atoms in total. The lowest BCUT2D eigenvalue weighted by atomic mass is 10.2. The largest absolute Gasteiger partial charge is 0.456 e. The molecule has 0 fully saturated rings. The lowest BCUT2D eigenvalue weighted by Gasteiger charge is -2.04. The van der Waals surface area contributed by atoms with Crippen molar-refractivity contribution in [3.63, 3.8) is 0 Å². The molecule has 1 amide bonds. The molecule has 0 aliphatic heterocycles. The molecule has 0 saturated carbocycles. The fourth-order valence-corrected chi connectivity index (χ4v) is 3.18. The molecule has 3 rings (SSSR count). The Balaban J connectivity index is 1.45. The smallest absolute Gasteiger partial charge is 0.331 e. The van der Waals surface area contributed by atoms with Crippen LogP contribution >= 0.6 is 11.3 Å². The number of hydrogen-bond donors (Lipinski definition) is 1. The molecule has 3 aromatic rings. The maximum atomic E-state index is 12.9. The maximum Gasteiger partial charge on any atom is 0.331 e. The van der Waals surface area contributed by atoms with Crippen LogP contribution in [0.15, 0.2) is 60.0 Å². The van der Waals surface area contributed by atoms with E-state index in [1.165, 1.54) is 29.5 Å². The Kier molecular flexibility index (Phi) is 6.86. The molecule has 148 valence electrons. The summed E-state index contributed by atoms with van der Waals surface area (Å²) in [5.41, 5.74) is 3.13. The predicted molar refractivity (Wildman–Crippen MR) is 111 cm³/mol. The number of rotatable bonds is 7. The molecule has 1 aromatic heterocycles. The van der Waals surface area contributed by atoms with Gasteiger partial charge in [0.05, 0.1) is 12.1 Å². The summed E-state index contributed by atoms with van der Waals surface area (Å²) >= 11 is 1.34. The monoisotopic (exact) mass is 410 g/mol. The Hall–Kier alpha value is -3.32. The van der Waals surface area contributed by atoms with Gasteiger partial charge in [0.2, 0.25) is 5.91 Å². The van der Waals surface area contributed by atoms with Gasteiger partial charge in [0.15, 0.2) is 0 Å². The van der Waals surface area contributed by atoms with E-state index < -0.39 is 5.97 Å². The second-order valence-electron chi connectivity index (χ2n) is 6.32. The summed E-state index contributed by atoms with van der Waals surface area (Å²) in [4.78, 5) is 28.2. The first kappa shape index (κ1) is 20.4. The Bertz CT molecular complexity index is 1010. The van der Waals surface area contributed by atoms with Gasteiger partial charge >= 0.3 is 5.97 Å². The van der Waals surface area contributed by atoms with Gasteiger partial charge in [-0.2, -0.15) is 0 Å². The molecule has 29 heavy (non-hydrogen) atoms. The van der Waals surface area contributed by atoms with Gasteiger partial charge in [0, 0.05) is 17.1 Å². The number of nitrogens with one attached hydrogen (secondary N) is 1. The first-order valence-corrected chi connectivity index (χ1v) is 9.76. The van der Waals surface area contributed by atoms with Gasteiger partial charge in [0.25, 0.3) is 0 Å². The average Bonchev–Trinajstić information content (AvgIpc) is 3.15. The van der Waals surface area contributed by atoms with Gasteiger partial charge in [-0.1, -0.05) is 29.8 Å². The number of aromatic nitrogens is 1. The normalized spacial score (nSPS) is 10.8. The van der Waals surface area contributed by atoms with Gasteiger partial charge in [-0.05, 0) is 42.8 Å². The second kappa shape index (κ2) is 9.75. The summed E-state index contributed by atoms with van der Waals surface area (Å²) in [5, 5.41) is 5.22. The highest BCUT2D eigenvalue weighted by Crippen LogP contribution is 2.14. The first-order valence-electron chi connectivity index (χ1n) is 8.88. The number of aryl methyl sites for hydroxylation is 1. The van der Waals surface area contributed by atoms with Crippen LogP contribution in [0.25, 0.3) is 6.08 Å². The van der Waals surface area contributed by atoms with Crippen LogP contribution in [0.5, 0.6) is 0 Å². The van der Waals surface area contributed by atoms with Crippen molar-refractivity contribution in [3.05, 3.63) is 87.6 Å². The Labute approximate surface area is 171 Å². The van der Waals surface area contributed by atoms with Gasteiger partial charge in [-0.3, -0.25) is 4.79 Å². The van der Waals surface area contributed by atoms with Gasteiger partial charge in [-0.25, -0.2) is 14.2 Å². The summed E-state index contributed by atoms with van der Waals surface area (Å²) in [6.45, 7) is 2.00. The molecular formula is C22H19FN2O3S. The third-order valence-electron chi connectivity index (χ3n) is 3.89. The van der Waals surface area contributed by atoms with Crippen LogP contribution in [0.1, 0.15) is 21.8 Å². The first-order chi connectivity index (χ1) is 14.0. The predicted octanol–water partition coefficient (Wildman–Crippen LogP) is 4.53. The van der Waals surface area contributed by atoms with Crippen LogP contribution in [-0.4, -0.2) is 16.9 Å². The number of hydrogen-bond acceptors (Lipinski definition) is 5. The van der Waals surface area contributed by atoms with Crippen LogP contribution in [-0.2, 0) is 27.4 Å². The molecule has 0 bridgehead atoms. The number of nitrogens with zero attached hydrogens (tertiary/aromatic N) is 1. The van der Waals surface area contributed by atoms with Crippen LogP contribution in [0, 0.1) is 12.7 Å². The summed E-state index contributed by atoms with van der Waals surface area (Å²) in [6.07, 6.45) is 2.97. The van der Waals surface area contributed by atoms with E-state index in [4.69, 9.17) is 4.74 Å². The average molecular weight is 410 g/mol. The quantitative estimate of drug-likeness (QED) is 0.459. The van der Waals surface area contributed by atoms with E-state index in [1.807, 2.05) is 31.2 Å². The molecule has 2 aromatic carbocycles. The van der Waals surface area contributed by atoms with E-state index in [0.29, 0.717) is 16.3 Å². The highest BCUT2D eigenvalue weighted by atomic mass is 32.1. The molecule has 0 spiro atoms. The Morgan fingerprint density at radius 1 is 1.14 bits per heavy atom. The van der Waals surface area contributed by atoms with Crippen molar-refractivity contribution in [2.45, 2.75) is 20.0 Å². The molecular weight excluding hydrogens is 391 g/mol. The molecule has 1 N–H and O–H groups in total. The minimum atomic E-state index is -0.527. The van der Waals surface area contributed by atoms with E-state index in [9.17, 15) is 14.0 Å². The highest BCUT2D eigenvalue weighted by molar-refractivity contribution is 7.09. The van der Waals surface area contributed by atoms with Crippen molar-refractivity contribution in [2.75, 3.05) is 5.32 Å². The zero-order valence-corrected chi connectivity index (χ0v) is 16.5. The number of anilines is 1. The Morgan fingerprint density at radius 2 is 1.86 bits per heavy atom. The topological polar surface area (TPSA) is 68.3 Å². The minimum absolute atomic E-state index is 0.0165. The third kappa shape index (κ3) is 6.65. The molecule has 1 heterocycles. The number of carbonyl (C=O) groups is 2. The number of halogens is 1. The van der Waals surface area contributed by atoms with Crippen molar-refractivity contribution in [3.8, 4) is 0 Å². The Morgan fingerprint density at radius 3 is 2.59 bits per heavy atom. The number of ether oxygens (including phenoxy) is 1. The van der Waals surface area contributed by atoms with Crippen LogP contribution in [0.4, 0.5) is 10.1 Å². The molecule has 0 aliphatic carbocycles.